The van der Waals surface area contributed by atoms with E-state index in [4.69, 9.17) is 0 Å². The van der Waals surface area contributed by atoms with Gasteiger partial charge in [-0.1, -0.05) is 0 Å². The first-order chi connectivity index (χ1) is 12.3. The van der Waals surface area contributed by atoms with Gasteiger partial charge in [0.15, 0.2) is 0 Å². The van der Waals surface area contributed by atoms with Crippen LogP contribution in [-0.2, 0) is 17.5 Å². The minimum atomic E-state index is -4.42. The molecular formula is C18H13F4N3O. The summed E-state index contributed by atoms with van der Waals surface area (Å²) < 4.78 is 51.9. The summed E-state index contributed by atoms with van der Waals surface area (Å²) in [4.78, 5) is 12.0. The van der Waals surface area contributed by atoms with Crippen LogP contribution in [0.3, 0.4) is 0 Å². The summed E-state index contributed by atoms with van der Waals surface area (Å²) in [5, 5.41) is 6.73. The molecule has 0 aliphatic heterocycles. The van der Waals surface area contributed by atoms with Crippen LogP contribution in [-0.4, -0.2) is 15.7 Å². The number of carbonyl (C=O) groups excluding carboxylic acids is 1. The fourth-order valence-corrected chi connectivity index (χ4v) is 2.31. The number of alkyl halides is 3. The first-order valence-electron chi connectivity index (χ1n) is 7.58. The van der Waals surface area contributed by atoms with Gasteiger partial charge in [0, 0.05) is 17.4 Å². The van der Waals surface area contributed by atoms with Crippen molar-refractivity contribution >= 4 is 11.6 Å². The molecule has 0 saturated heterocycles. The molecule has 0 saturated carbocycles. The summed E-state index contributed by atoms with van der Waals surface area (Å²) in [5.41, 5.74) is 0.751. The third-order valence-electron chi connectivity index (χ3n) is 3.58. The predicted octanol–water partition coefficient (Wildman–Crippen LogP) is 4.35. The molecule has 3 rings (SSSR count). The van der Waals surface area contributed by atoms with E-state index in [1.165, 1.54) is 28.9 Å². The second kappa shape index (κ2) is 6.99. The first kappa shape index (κ1) is 17.7. The average Bonchev–Trinajstić information content (AvgIpc) is 3.03. The first-order valence-corrected chi connectivity index (χ1v) is 7.58. The highest BCUT2D eigenvalue weighted by atomic mass is 19.4. The number of amides is 1. The Labute approximate surface area is 146 Å². The zero-order chi connectivity index (χ0) is 18.7. The summed E-state index contributed by atoms with van der Waals surface area (Å²) in [6, 6.07) is 11.6. The van der Waals surface area contributed by atoms with Gasteiger partial charge < -0.3 is 5.32 Å². The maximum atomic E-state index is 12.9. The van der Waals surface area contributed by atoms with Crippen LogP contribution < -0.4 is 5.32 Å². The van der Waals surface area contributed by atoms with Gasteiger partial charge in [0.25, 0.3) is 0 Å². The summed E-state index contributed by atoms with van der Waals surface area (Å²) in [5.74, 6) is -0.789. The molecule has 0 radical (unpaired) electrons. The van der Waals surface area contributed by atoms with Crippen LogP contribution in [0.15, 0.2) is 60.8 Å². The van der Waals surface area contributed by atoms with E-state index in [2.05, 4.69) is 10.4 Å². The van der Waals surface area contributed by atoms with Crippen LogP contribution in [0.4, 0.5) is 23.2 Å². The average molecular weight is 363 g/mol. The van der Waals surface area contributed by atoms with Gasteiger partial charge in [0.1, 0.15) is 12.4 Å². The Balaban J connectivity index is 1.62. The molecule has 134 valence electrons. The Morgan fingerprint density at radius 3 is 2.27 bits per heavy atom. The van der Waals surface area contributed by atoms with Gasteiger partial charge in [0.2, 0.25) is 5.91 Å². The molecule has 0 bridgehead atoms. The molecule has 26 heavy (non-hydrogen) atoms. The SMILES string of the molecule is O=C(Cn1ccc(-c2ccc(F)cc2)n1)Nc1ccc(C(F)(F)F)cc1. The molecule has 1 aromatic heterocycles. The number of halogens is 4. The molecule has 1 N–H and O–H groups in total. The number of aromatic nitrogens is 2. The molecule has 0 aliphatic rings. The van der Waals surface area contributed by atoms with Crippen LogP contribution in [0.1, 0.15) is 5.56 Å². The van der Waals surface area contributed by atoms with E-state index in [0.717, 1.165) is 12.1 Å². The van der Waals surface area contributed by atoms with E-state index in [1.807, 2.05) is 0 Å². The third-order valence-corrected chi connectivity index (χ3v) is 3.58. The Hall–Kier alpha value is -3.16. The number of anilines is 1. The lowest BCUT2D eigenvalue weighted by Gasteiger charge is -2.09. The van der Waals surface area contributed by atoms with Crippen molar-refractivity contribution in [3.05, 3.63) is 72.2 Å². The Bertz CT molecular complexity index is 899. The van der Waals surface area contributed by atoms with Gasteiger partial charge in [-0.2, -0.15) is 18.3 Å². The predicted molar refractivity (Wildman–Crippen MR) is 87.7 cm³/mol. The zero-order valence-corrected chi connectivity index (χ0v) is 13.3. The van der Waals surface area contributed by atoms with Crippen LogP contribution in [0, 0.1) is 5.82 Å². The molecule has 8 heteroatoms. The standard InChI is InChI=1S/C18H13F4N3O/c19-14-5-1-12(2-6-14)16-9-10-25(24-16)11-17(26)23-15-7-3-13(4-8-15)18(20,21)22/h1-10H,11H2,(H,23,26). The van der Waals surface area contributed by atoms with E-state index < -0.39 is 17.6 Å². The van der Waals surface area contributed by atoms with E-state index in [9.17, 15) is 22.4 Å². The maximum Gasteiger partial charge on any atom is 0.416 e. The van der Waals surface area contributed by atoms with E-state index in [1.54, 1.807) is 24.4 Å². The fourth-order valence-electron chi connectivity index (χ4n) is 2.31. The van der Waals surface area contributed by atoms with Gasteiger partial charge in [-0.3, -0.25) is 9.48 Å². The second-order valence-corrected chi connectivity index (χ2v) is 5.53. The molecule has 0 atom stereocenters. The molecule has 3 aromatic rings. The van der Waals surface area contributed by atoms with Gasteiger partial charge in [0.05, 0.1) is 11.3 Å². The number of benzene rings is 2. The minimum Gasteiger partial charge on any atom is -0.324 e. The third kappa shape index (κ3) is 4.27. The smallest absolute Gasteiger partial charge is 0.324 e. The summed E-state index contributed by atoms with van der Waals surface area (Å²) in [6.45, 7) is -0.109. The van der Waals surface area contributed by atoms with Gasteiger partial charge in [-0.15, -0.1) is 0 Å². The van der Waals surface area contributed by atoms with Gasteiger partial charge in [-0.25, -0.2) is 4.39 Å². The molecule has 0 unspecified atom stereocenters. The normalized spacial score (nSPS) is 11.4. The fraction of sp³-hybridized carbons (Fsp3) is 0.111. The molecular weight excluding hydrogens is 350 g/mol. The highest BCUT2D eigenvalue weighted by Gasteiger charge is 2.29. The van der Waals surface area contributed by atoms with Crippen LogP contribution >= 0.6 is 0 Å². The lowest BCUT2D eigenvalue weighted by Crippen LogP contribution is -2.19. The topological polar surface area (TPSA) is 46.9 Å². The summed E-state index contributed by atoms with van der Waals surface area (Å²) in [6.07, 6.45) is -2.83. The Morgan fingerprint density at radius 2 is 1.65 bits per heavy atom. The van der Waals surface area contributed by atoms with E-state index >= 15 is 0 Å². The molecule has 0 aliphatic carbocycles. The van der Waals surface area contributed by atoms with Crippen molar-refractivity contribution in [2.75, 3.05) is 5.32 Å². The molecule has 4 nitrogen and oxygen atoms in total. The van der Waals surface area contributed by atoms with Crippen molar-refractivity contribution in [2.24, 2.45) is 0 Å². The van der Waals surface area contributed by atoms with Crippen molar-refractivity contribution in [2.45, 2.75) is 12.7 Å². The quantitative estimate of drug-likeness (QED) is 0.701. The van der Waals surface area contributed by atoms with Crippen LogP contribution in [0.2, 0.25) is 0 Å². The highest BCUT2D eigenvalue weighted by Crippen LogP contribution is 2.29. The summed E-state index contributed by atoms with van der Waals surface area (Å²) in [7, 11) is 0. The molecule has 1 heterocycles. The number of rotatable bonds is 4. The van der Waals surface area contributed by atoms with Crippen molar-refractivity contribution in [1.82, 2.24) is 9.78 Å². The molecule has 1 amide bonds. The zero-order valence-electron chi connectivity index (χ0n) is 13.3. The van der Waals surface area contributed by atoms with Crippen LogP contribution in [0.25, 0.3) is 11.3 Å². The van der Waals surface area contributed by atoms with Crippen molar-refractivity contribution in [3.8, 4) is 11.3 Å². The number of hydrogen-bond acceptors (Lipinski definition) is 2. The van der Waals surface area contributed by atoms with Crippen molar-refractivity contribution in [3.63, 3.8) is 0 Å². The lowest BCUT2D eigenvalue weighted by molar-refractivity contribution is -0.137. The number of carbonyl (C=O) groups is 1. The highest BCUT2D eigenvalue weighted by molar-refractivity contribution is 5.90. The number of hydrogen-bond donors (Lipinski definition) is 1. The molecule has 2 aromatic carbocycles. The maximum absolute atomic E-state index is 12.9. The monoisotopic (exact) mass is 363 g/mol. The van der Waals surface area contributed by atoms with Crippen LogP contribution in [0.5, 0.6) is 0 Å². The number of nitrogens with zero attached hydrogens (tertiary/aromatic N) is 2. The lowest BCUT2D eigenvalue weighted by atomic mass is 10.1. The summed E-state index contributed by atoms with van der Waals surface area (Å²) >= 11 is 0. The molecule has 0 spiro atoms. The van der Waals surface area contributed by atoms with E-state index in [0.29, 0.717) is 11.3 Å². The second-order valence-electron chi connectivity index (χ2n) is 5.53. The minimum absolute atomic E-state index is 0.109. The van der Waals surface area contributed by atoms with Crippen molar-refractivity contribution < 1.29 is 22.4 Å². The largest absolute Gasteiger partial charge is 0.416 e. The Kier molecular flexibility index (Phi) is 4.75. The number of nitrogens with one attached hydrogen (secondary N) is 1. The van der Waals surface area contributed by atoms with Gasteiger partial charge in [-0.05, 0) is 54.6 Å². The van der Waals surface area contributed by atoms with Gasteiger partial charge >= 0.3 is 6.18 Å². The van der Waals surface area contributed by atoms with Crippen molar-refractivity contribution in [1.29, 1.82) is 0 Å². The Morgan fingerprint density at radius 1 is 1.00 bits per heavy atom. The molecule has 0 fully saturated rings. The van der Waals surface area contributed by atoms with E-state index in [-0.39, 0.29) is 18.0 Å².